The third-order valence-electron chi connectivity index (χ3n) is 11.1. The van der Waals surface area contributed by atoms with Gasteiger partial charge in [0.05, 0.1) is 11.4 Å². The van der Waals surface area contributed by atoms with Crippen LogP contribution >= 0.6 is 11.8 Å². The molecule has 0 saturated carbocycles. The van der Waals surface area contributed by atoms with E-state index in [4.69, 9.17) is 0 Å². The molecule has 202 valence electrons. The molecule has 0 N–H and O–H groups in total. The predicted molar refractivity (Wildman–Crippen MR) is 173 cm³/mol. The number of aryl methyl sites for hydroxylation is 3. The monoisotopic (exact) mass is 541 g/mol. The summed E-state index contributed by atoms with van der Waals surface area (Å²) >= 11 is 2.02. The Hall–Kier alpha value is -2.65. The van der Waals surface area contributed by atoms with Crippen molar-refractivity contribution in [2.75, 3.05) is 4.90 Å². The van der Waals surface area contributed by atoms with E-state index in [1.54, 1.807) is 33.1 Å². The Labute approximate surface area is 245 Å². The van der Waals surface area contributed by atoms with Crippen LogP contribution in [0.25, 0.3) is 0 Å². The molecule has 0 bridgehead atoms. The summed E-state index contributed by atoms with van der Waals surface area (Å²) in [6.07, 6.45) is 6.23. The highest BCUT2D eigenvalue weighted by Crippen LogP contribution is 2.61. The predicted octanol–water partition coefficient (Wildman–Crippen LogP) is 8.39. The van der Waals surface area contributed by atoms with Gasteiger partial charge in [-0.2, -0.15) is 0 Å². The Morgan fingerprint density at radius 2 is 1.65 bits per heavy atom. The number of nitrogens with zero attached hydrogens (tertiary/aromatic N) is 1. The van der Waals surface area contributed by atoms with Gasteiger partial charge < -0.3 is 4.90 Å². The second-order valence-electron chi connectivity index (χ2n) is 14.2. The van der Waals surface area contributed by atoms with Crippen LogP contribution in [0.2, 0.25) is 0 Å². The fourth-order valence-corrected chi connectivity index (χ4v) is 10.5. The third-order valence-corrected chi connectivity index (χ3v) is 12.2. The third kappa shape index (κ3) is 2.93. The van der Waals surface area contributed by atoms with Crippen LogP contribution in [0.15, 0.2) is 69.5 Å². The molecule has 0 spiro atoms. The number of thioether (sulfide) groups is 1. The lowest BCUT2D eigenvalue weighted by Crippen LogP contribution is -2.67. The van der Waals surface area contributed by atoms with Gasteiger partial charge in [-0.15, -0.1) is 0 Å². The summed E-state index contributed by atoms with van der Waals surface area (Å²) in [7, 11) is 0. The normalized spacial score (nSPS) is 23.6. The quantitative estimate of drug-likeness (QED) is 0.307. The van der Waals surface area contributed by atoms with Crippen LogP contribution in [0.3, 0.4) is 0 Å². The lowest BCUT2D eigenvalue weighted by Gasteiger charge is -2.58. The number of rotatable bonds is 3. The van der Waals surface area contributed by atoms with Crippen LogP contribution in [-0.2, 0) is 17.3 Å². The van der Waals surface area contributed by atoms with Gasteiger partial charge in [0.1, 0.15) is 0 Å². The summed E-state index contributed by atoms with van der Waals surface area (Å²) in [5, 5.41) is 0. The summed E-state index contributed by atoms with van der Waals surface area (Å²) in [5.74, 6) is 0.976. The highest BCUT2D eigenvalue weighted by atomic mass is 32.2. The zero-order valence-corrected chi connectivity index (χ0v) is 26.1. The van der Waals surface area contributed by atoms with Gasteiger partial charge >= 0.3 is 0 Å². The highest BCUT2D eigenvalue weighted by molar-refractivity contribution is 8.03. The van der Waals surface area contributed by atoms with Crippen LogP contribution in [-0.4, -0.2) is 6.71 Å². The van der Waals surface area contributed by atoms with E-state index in [1.807, 2.05) is 11.8 Å². The molecule has 0 fully saturated rings. The lowest BCUT2D eigenvalue weighted by atomic mass is 9.23. The van der Waals surface area contributed by atoms with E-state index < -0.39 is 0 Å². The largest absolute Gasteiger partial charge is 0.310 e. The van der Waals surface area contributed by atoms with Crippen molar-refractivity contribution in [2.45, 2.75) is 90.4 Å². The minimum Gasteiger partial charge on any atom is -0.310 e. The zero-order chi connectivity index (χ0) is 27.9. The van der Waals surface area contributed by atoms with E-state index in [0.717, 1.165) is 6.42 Å². The summed E-state index contributed by atoms with van der Waals surface area (Å²) in [5.41, 5.74) is 18.2. The SMILES string of the molecule is CCCCc1cc2c3c(c1)C(C)(C)c1cccc4c1B3C1=C3C(=CC(C)C1C4(C)C)Sc1cc(C)c(C)cc1N32. The lowest BCUT2D eigenvalue weighted by molar-refractivity contribution is 0.305. The van der Waals surface area contributed by atoms with E-state index in [2.05, 4.69) is 109 Å². The number of hydrogen-bond donors (Lipinski definition) is 0. The van der Waals surface area contributed by atoms with Crippen LogP contribution in [0.1, 0.15) is 87.8 Å². The number of benzene rings is 3. The molecule has 4 aliphatic heterocycles. The van der Waals surface area contributed by atoms with Gasteiger partial charge in [-0.05, 0) is 101 Å². The molecule has 2 atom stereocenters. The molecule has 0 saturated heterocycles. The van der Waals surface area contributed by atoms with E-state index in [9.17, 15) is 0 Å². The molecule has 0 amide bonds. The summed E-state index contributed by atoms with van der Waals surface area (Å²) in [4.78, 5) is 5.61. The molecule has 3 heteroatoms. The van der Waals surface area contributed by atoms with Crippen molar-refractivity contribution in [2.24, 2.45) is 11.8 Å². The van der Waals surface area contributed by atoms with Crippen LogP contribution in [0.5, 0.6) is 0 Å². The molecule has 1 nitrogen and oxygen atoms in total. The minimum atomic E-state index is -0.0371. The second-order valence-corrected chi connectivity index (χ2v) is 15.3. The van der Waals surface area contributed by atoms with Crippen molar-refractivity contribution in [3.8, 4) is 0 Å². The fraction of sp³-hybridized carbons (Fsp3) is 0.405. The number of allylic oxidation sites excluding steroid dienone is 2. The van der Waals surface area contributed by atoms with Crippen molar-refractivity contribution in [1.82, 2.24) is 0 Å². The standard InChI is InChI=1S/C37H40BNS/c1-9-10-12-23-18-26-33-28(19-23)39-27-15-20(2)21(3)16-29(27)40-30-17-22(4)31-34(35(30)39)38(33)32-24(36(26,5)6)13-11-14-25(32)37(31,7)8/h11,13-19,22,31H,9-10,12H2,1-8H3. The zero-order valence-electron chi connectivity index (χ0n) is 25.3. The van der Waals surface area contributed by atoms with Crippen molar-refractivity contribution in [3.63, 3.8) is 0 Å². The van der Waals surface area contributed by atoms with Gasteiger partial charge in [-0.1, -0.05) is 101 Å². The van der Waals surface area contributed by atoms with Crippen molar-refractivity contribution in [3.05, 3.63) is 98.0 Å². The van der Waals surface area contributed by atoms with Crippen molar-refractivity contribution >= 4 is 40.8 Å². The van der Waals surface area contributed by atoms with Crippen molar-refractivity contribution < 1.29 is 0 Å². The molecule has 3 aromatic carbocycles. The Morgan fingerprint density at radius 3 is 2.42 bits per heavy atom. The molecule has 5 aliphatic rings. The molecular formula is C37H40BNS. The maximum Gasteiger partial charge on any atom is 0.243 e. The van der Waals surface area contributed by atoms with Crippen LogP contribution in [0.4, 0.5) is 11.4 Å². The first-order chi connectivity index (χ1) is 19.1. The van der Waals surface area contributed by atoms with Gasteiger partial charge in [0.15, 0.2) is 0 Å². The first-order valence-electron chi connectivity index (χ1n) is 15.4. The van der Waals surface area contributed by atoms with Crippen LogP contribution < -0.4 is 15.8 Å². The maximum absolute atomic E-state index is 2.73. The summed E-state index contributed by atoms with van der Waals surface area (Å²) < 4.78 is 0. The molecule has 0 radical (unpaired) electrons. The fourth-order valence-electron chi connectivity index (χ4n) is 9.17. The second kappa shape index (κ2) is 8.00. The van der Waals surface area contributed by atoms with Gasteiger partial charge in [-0.3, -0.25) is 0 Å². The van der Waals surface area contributed by atoms with Crippen molar-refractivity contribution in [1.29, 1.82) is 0 Å². The molecular weight excluding hydrogens is 501 g/mol. The summed E-state index contributed by atoms with van der Waals surface area (Å²) in [6, 6.07) is 17.4. The molecule has 0 aromatic heterocycles. The summed E-state index contributed by atoms with van der Waals surface area (Å²) in [6.45, 7) is 19.7. The Kier molecular flexibility index (Phi) is 5.02. The maximum atomic E-state index is 2.73. The molecule has 40 heavy (non-hydrogen) atoms. The smallest absolute Gasteiger partial charge is 0.243 e. The molecule has 4 heterocycles. The van der Waals surface area contributed by atoms with E-state index >= 15 is 0 Å². The van der Waals surface area contributed by atoms with E-state index in [1.165, 1.54) is 56.4 Å². The number of hydrogen-bond acceptors (Lipinski definition) is 2. The van der Waals surface area contributed by atoms with Gasteiger partial charge in [0.25, 0.3) is 0 Å². The number of anilines is 2. The van der Waals surface area contributed by atoms with Gasteiger partial charge in [-0.25, -0.2) is 0 Å². The van der Waals surface area contributed by atoms with Gasteiger partial charge in [0, 0.05) is 20.9 Å². The molecule has 1 aliphatic carbocycles. The molecule has 2 unspecified atom stereocenters. The highest BCUT2D eigenvalue weighted by Gasteiger charge is 2.58. The number of unbranched alkanes of at least 4 members (excludes halogenated alkanes) is 1. The van der Waals surface area contributed by atoms with Crippen LogP contribution in [0, 0.1) is 25.7 Å². The Balaban J connectivity index is 1.55. The average molecular weight is 542 g/mol. The molecule has 8 rings (SSSR count). The van der Waals surface area contributed by atoms with E-state index in [0.29, 0.717) is 18.5 Å². The van der Waals surface area contributed by atoms with E-state index in [-0.39, 0.29) is 10.8 Å². The average Bonchev–Trinajstić information content (AvgIpc) is 2.90. The number of fused-ring (bicyclic) bond motifs is 3. The Morgan fingerprint density at radius 1 is 0.900 bits per heavy atom. The Bertz CT molecular complexity index is 1720. The topological polar surface area (TPSA) is 3.24 Å². The first kappa shape index (κ1) is 25.1. The minimum absolute atomic E-state index is 0.0371. The molecule has 3 aromatic rings. The van der Waals surface area contributed by atoms with Gasteiger partial charge in [0.2, 0.25) is 6.71 Å². The first-order valence-corrected chi connectivity index (χ1v) is 16.2.